The summed E-state index contributed by atoms with van der Waals surface area (Å²) in [7, 11) is 0. The number of benzene rings is 3. The van der Waals surface area contributed by atoms with E-state index in [9.17, 15) is 10.5 Å². The fourth-order valence-corrected chi connectivity index (χ4v) is 3.06. The van der Waals surface area contributed by atoms with Crippen molar-refractivity contribution in [2.75, 3.05) is 0 Å². The average molecular weight is 293 g/mol. The van der Waals surface area contributed by atoms with Gasteiger partial charge in [0.1, 0.15) is 6.07 Å². The number of hydrogen-bond donors (Lipinski definition) is 0. The lowest BCUT2D eigenvalue weighted by molar-refractivity contribution is 1.16. The molecular formula is C20H11N3. The normalized spacial score (nSPS) is 10.5. The quantitative estimate of drug-likeness (QED) is 0.518. The van der Waals surface area contributed by atoms with Gasteiger partial charge in [-0.15, -0.1) is 0 Å². The smallest absolute Gasteiger partial charge is 0.101 e. The van der Waals surface area contributed by atoms with Crippen molar-refractivity contribution in [3.05, 3.63) is 77.9 Å². The zero-order chi connectivity index (χ0) is 15.8. The summed E-state index contributed by atoms with van der Waals surface area (Å²) in [6, 6.07) is 25.8. The molecule has 0 atom stereocenters. The van der Waals surface area contributed by atoms with Gasteiger partial charge in [0.05, 0.1) is 33.9 Å². The number of rotatable bonds is 1. The Kier molecular flexibility index (Phi) is 2.86. The Balaban J connectivity index is 2.22. The molecule has 0 bridgehead atoms. The van der Waals surface area contributed by atoms with Gasteiger partial charge in [0.25, 0.3) is 0 Å². The molecule has 23 heavy (non-hydrogen) atoms. The molecule has 3 aromatic carbocycles. The third-order valence-electron chi connectivity index (χ3n) is 4.07. The second-order valence-corrected chi connectivity index (χ2v) is 5.33. The van der Waals surface area contributed by atoms with Gasteiger partial charge in [0.15, 0.2) is 0 Å². The van der Waals surface area contributed by atoms with Gasteiger partial charge in [0.2, 0.25) is 0 Å². The van der Waals surface area contributed by atoms with E-state index in [2.05, 4.69) is 28.8 Å². The second kappa shape index (κ2) is 5.02. The Hall–Kier alpha value is -3.56. The lowest BCUT2D eigenvalue weighted by atomic mass is 10.1. The van der Waals surface area contributed by atoms with Crippen molar-refractivity contribution in [3.8, 4) is 17.8 Å². The molecule has 1 aromatic heterocycles. The lowest BCUT2D eigenvalue weighted by Gasteiger charge is -2.10. The minimum absolute atomic E-state index is 0.542. The molecule has 0 fully saturated rings. The molecule has 0 radical (unpaired) electrons. The van der Waals surface area contributed by atoms with Crippen LogP contribution in [0.1, 0.15) is 11.1 Å². The third-order valence-corrected chi connectivity index (χ3v) is 4.07. The number of nitrogens with zero attached hydrogens (tertiary/aromatic N) is 3. The number of nitriles is 2. The molecule has 4 aromatic rings. The molecule has 0 amide bonds. The van der Waals surface area contributed by atoms with Crippen molar-refractivity contribution in [1.82, 2.24) is 4.57 Å². The maximum Gasteiger partial charge on any atom is 0.101 e. The third kappa shape index (κ3) is 1.88. The van der Waals surface area contributed by atoms with E-state index in [-0.39, 0.29) is 0 Å². The molecule has 0 saturated carbocycles. The monoisotopic (exact) mass is 293 g/mol. The van der Waals surface area contributed by atoms with Crippen LogP contribution in [0.4, 0.5) is 0 Å². The van der Waals surface area contributed by atoms with Crippen molar-refractivity contribution < 1.29 is 0 Å². The van der Waals surface area contributed by atoms with E-state index in [1.54, 1.807) is 18.2 Å². The van der Waals surface area contributed by atoms with Gasteiger partial charge in [-0.3, -0.25) is 0 Å². The first-order valence-corrected chi connectivity index (χ1v) is 7.26. The number of fused-ring (bicyclic) bond motifs is 3. The zero-order valence-electron chi connectivity index (χ0n) is 12.2. The Morgan fingerprint density at radius 1 is 0.696 bits per heavy atom. The van der Waals surface area contributed by atoms with Crippen molar-refractivity contribution in [3.63, 3.8) is 0 Å². The van der Waals surface area contributed by atoms with Crippen LogP contribution >= 0.6 is 0 Å². The van der Waals surface area contributed by atoms with E-state index >= 15 is 0 Å². The number of aromatic nitrogens is 1. The molecule has 0 aliphatic rings. The Labute approximate surface area is 133 Å². The van der Waals surface area contributed by atoms with E-state index in [1.807, 2.05) is 36.4 Å². The van der Waals surface area contributed by atoms with Crippen LogP contribution < -0.4 is 0 Å². The van der Waals surface area contributed by atoms with Gasteiger partial charge >= 0.3 is 0 Å². The molecule has 0 aliphatic carbocycles. The van der Waals surface area contributed by atoms with Crippen LogP contribution in [0.25, 0.3) is 27.5 Å². The fraction of sp³-hybridized carbons (Fsp3) is 0. The number of hydrogen-bond acceptors (Lipinski definition) is 2. The Morgan fingerprint density at radius 3 is 1.87 bits per heavy atom. The molecule has 0 unspecified atom stereocenters. The van der Waals surface area contributed by atoms with Crippen molar-refractivity contribution in [2.45, 2.75) is 0 Å². The summed E-state index contributed by atoms with van der Waals surface area (Å²) in [6.07, 6.45) is 0. The van der Waals surface area contributed by atoms with Gasteiger partial charge in [0, 0.05) is 10.8 Å². The minimum Gasteiger partial charge on any atom is -0.308 e. The summed E-state index contributed by atoms with van der Waals surface area (Å²) >= 11 is 0. The first-order valence-electron chi connectivity index (χ1n) is 7.26. The fourth-order valence-electron chi connectivity index (χ4n) is 3.06. The lowest BCUT2D eigenvalue weighted by Crippen LogP contribution is -1.98. The Bertz CT molecular complexity index is 1080. The summed E-state index contributed by atoms with van der Waals surface area (Å²) in [5.41, 5.74) is 3.89. The molecule has 3 heteroatoms. The molecule has 1 heterocycles. The van der Waals surface area contributed by atoms with Crippen molar-refractivity contribution in [2.24, 2.45) is 0 Å². The van der Waals surface area contributed by atoms with E-state index in [4.69, 9.17) is 0 Å². The molecule has 0 saturated heterocycles. The highest BCUT2D eigenvalue weighted by atomic mass is 15.0. The van der Waals surface area contributed by atoms with Gasteiger partial charge in [-0.2, -0.15) is 10.5 Å². The van der Waals surface area contributed by atoms with Crippen LogP contribution in [0, 0.1) is 22.7 Å². The zero-order valence-corrected chi connectivity index (χ0v) is 12.2. The summed E-state index contributed by atoms with van der Waals surface area (Å²) < 4.78 is 2.06. The first kappa shape index (κ1) is 13.1. The Morgan fingerprint density at radius 2 is 1.30 bits per heavy atom. The van der Waals surface area contributed by atoms with Crippen LogP contribution in [0.5, 0.6) is 0 Å². The van der Waals surface area contributed by atoms with Crippen LogP contribution in [-0.2, 0) is 0 Å². The van der Waals surface area contributed by atoms with E-state index in [0.717, 1.165) is 27.5 Å². The summed E-state index contributed by atoms with van der Waals surface area (Å²) in [6.45, 7) is 0. The predicted molar refractivity (Wildman–Crippen MR) is 90.2 cm³/mol. The van der Waals surface area contributed by atoms with Crippen LogP contribution in [0.15, 0.2) is 66.7 Å². The molecule has 3 nitrogen and oxygen atoms in total. The van der Waals surface area contributed by atoms with E-state index < -0.39 is 0 Å². The van der Waals surface area contributed by atoms with Crippen molar-refractivity contribution >= 4 is 21.8 Å². The number of para-hydroxylation sites is 2. The molecule has 0 aliphatic heterocycles. The topological polar surface area (TPSA) is 52.5 Å². The highest BCUT2D eigenvalue weighted by molar-refractivity contribution is 6.09. The van der Waals surface area contributed by atoms with Gasteiger partial charge in [-0.05, 0) is 30.3 Å². The minimum atomic E-state index is 0.542. The van der Waals surface area contributed by atoms with E-state index in [0.29, 0.717) is 11.1 Å². The maximum absolute atomic E-state index is 9.48. The average Bonchev–Trinajstić information content (AvgIpc) is 2.95. The van der Waals surface area contributed by atoms with Crippen molar-refractivity contribution in [1.29, 1.82) is 10.5 Å². The van der Waals surface area contributed by atoms with Crippen LogP contribution in [0.3, 0.4) is 0 Å². The van der Waals surface area contributed by atoms with Crippen LogP contribution in [0.2, 0.25) is 0 Å². The van der Waals surface area contributed by atoms with Gasteiger partial charge in [-0.1, -0.05) is 36.4 Å². The largest absolute Gasteiger partial charge is 0.308 e. The molecule has 106 valence electrons. The second-order valence-electron chi connectivity index (χ2n) is 5.33. The maximum atomic E-state index is 9.48. The molecular weight excluding hydrogens is 282 g/mol. The molecule has 0 spiro atoms. The highest BCUT2D eigenvalue weighted by Gasteiger charge is 2.14. The first-order chi connectivity index (χ1) is 11.3. The highest BCUT2D eigenvalue weighted by Crippen LogP contribution is 2.32. The van der Waals surface area contributed by atoms with Gasteiger partial charge < -0.3 is 4.57 Å². The van der Waals surface area contributed by atoms with Crippen LogP contribution in [-0.4, -0.2) is 4.57 Å². The molecule has 0 N–H and O–H groups in total. The summed E-state index contributed by atoms with van der Waals surface area (Å²) in [5.74, 6) is 0. The van der Waals surface area contributed by atoms with E-state index in [1.165, 1.54) is 0 Å². The summed E-state index contributed by atoms with van der Waals surface area (Å²) in [5, 5.41) is 21.0. The van der Waals surface area contributed by atoms with Gasteiger partial charge in [-0.25, -0.2) is 0 Å². The molecule has 4 rings (SSSR count). The standard InChI is InChI=1S/C20H11N3/c21-12-14-9-10-15(13-22)20(11-14)23-18-7-3-1-5-16(18)17-6-2-4-8-19(17)23/h1-11H. The summed E-state index contributed by atoms with van der Waals surface area (Å²) in [4.78, 5) is 0. The predicted octanol–water partition coefficient (Wildman–Crippen LogP) is 4.53. The SMILES string of the molecule is N#Cc1ccc(C#N)c(-n2c3ccccc3c3ccccc32)c1.